The summed E-state index contributed by atoms with van der Waals surface area (Å²) < 4.78 is 0. The van der Waals surface area contributed by atoms with Crippen LogP contribution in [-0.4, -0.2) is 29.1 Å². The lowest BCUT2D eigenvalue weighted by atomic mass is 10.1. The fourth-order valence-corrected chi connectivity index (χ4v) is 2.04. The zero-order valence-electron chi connectivity index (χ0n) is 9.87. The molecule has 4 heteroatoms. The van der Waals surface area contributed by atoms with Crippen LogP contribution in [0.5, 0.6) is 0 Å². The molecule has 2 heterocycles. The summed E-state index contributed by atoms with van der Waals surface area (Å²) in [7, 11) is 0. The normalized spacial score (nSPS) is 17.3. The van der Waals surface area contributed by atoms with E-state index in [9.17, 15) is 0 Å². The highest BCUT2D eigenvalue weighted by molar-refractivity contribution is 5.36. The van der Waals surface area contributed by atoms with Crippen molar-refractivity contribution in [3.63, 3.8) is 0 Å². The van der Waals surface area contributed by atoms with E-state index in [1.54, 1.807) is 6.33 Å². The maximum Gasteiger partial charge on any atom is 0.129 e. The van der Waals surface area contributed by atoms with Crippen molar-refractivity contribution in [2.45, 2.75) is 38.6 Å². The van der Waals surface area contributed by atoms with Crippen LogP contribution in [-0.2, 0) is 6.42 Å². The first kappa shape index (κ1) is 11.3. The van der Waals surface area contributed by atoms with Crippen molar-refractivity contribution in [2.24, 2.45) is 0 Å². The molecule has 1 aliphatic heterocycles. The van der Waals surface area contributed by atoms with Crippen LogP contribution in [0.25, 0.3) is 0 Å². The summed E-state index contributed by atoms with van der Waals surface area (Å²) in [6, 6.07) is 2.64. The Labute approximate surface area is 96.9 Å². The van der Waals surface area contributed by atoms with E-state index in [0.29, 0.717) is 6.04 Å². The molecule has 0 spiro atoms. The van der Waals surface area contributed by atoms with E-state index in [-0.39, 0.29) is 0 Å². The Morgan fingerprint density at radius 1 is 1.38 bits per heavy atom. The SMILES string of the molecule is CCCc1cc(NC2CCNCC2)ncn1. The van der Waals surface area contributed by atoms with Crippen LogP contribution in [0.15, 0.2) is 12.4 Å². The minimum Gasteiger partial charge on any atom is -0.367 e. The van der Waals surface area contributed by atoms with E-state index in [1.807, 2.05) is 0 Å². The number of piperidine rings is 1. The van der Waals surface area contributed by atoms with Crippen molar-refractivity contribution in [1.82, 2.24) is 15.3 Å². The van der Waals surface area contributed by atoms with E-state index in [0.717, 1.165) is 37.4 Å². The van der Waals surface area contributed by atoms with Gasteiger partial charge in [-0.15, -0.1) is 0 Å². The van der Waals surface area contributed by atoms with E-state index >= 15 is 0 Å². The van der Waals surface area contributed by atoms with E-state index in [2.05, 4.69) is 33.6 Å². The highest BCUT2D eigenvalue weighted by atomic mass is 15.0. The Morgan fingerprint density at radius 2 is 2.19 bits per heavy atom. The first-order valence-corrected chi connectivity index (χ1v) is 6.16. The predicted octanol–water partition coefficient (Wildman–Crippen LogP) is 1.59. The molecule has 1 saturated heterocycles. The Bertz CT molecular complexity index is 321. The van der Waals surface area contributed by atoms with E-state index in [1.165, 1.54) is 12.8 Å². The van der Waals surface area contributed by atoms with Gasteiger partial charge in [-0.1, -0.05) is 13.3 Å². The molecule has 0 unspecified atom stereocenters. The molecular formula is C12H20N4. The van der Waals surface area contributed by atoms with Crippen molar-refractivity contribution in [1.29, 1.82) is 0 Å². The molecule has 0 bridgehead atoms. The lowest BCUT2D eigenvalue weighted by Gasteiger charge is -2.24. The molecule has 4 nitrogen and oxygen atoms in total. The lowest BCUT2D eigenvalue weighted by Crippen LogP contribution is -2.35. The smallest absolute Gasteiger partial charge is 0.129 e. The van der Waals surface area contributed by atoms with Gasteiger partial charge < -0.3 is 10.6 Å². The van der Waals surface area contributed by atoms with Crippen molar-refractivity contribution in [3.05, 3.63) is 18.1 Å². The topological polar surface area (TPSA) is 49.8 Å². The third-order valence-corrected chi connectivity index (χ3v) is 2.92. The van der Waals surface area contributed by atoms with E-state index < -0.39 is 0 Å². The molecule has 1 aliphatic rings. The summed E-state index contributed by atoms with van der Waals surface area (Å²) in [6.45, 7) is 4.37. The third kappa shape index (κ3) is 3.17. The van der Waals surface area contributed by atoms with Gasteiger partial charge in [0, 0.05) is 17.8 Å². The molecule has 88 valence electrons. The number of aryl methyl sites for hydroxylation is 1. The zero-order valence-corrected chi connectivity index (χ0v) is 9.87. The van der Waals surface area contributed by atoms with E-state index in [4.69, 9.17) is 0 Å². The summed E-state index contributed by atoms with van der Waals surface area (Å²) in [6.07, 6.45) is 6.17. The molecule has 1 aromatic rings. The number of hydrogen-bond donors (Lipinski definition) is 2. The molecule has 1 aromatic heterocycles. The minimum absolute atomic E-state index is 0.561. The third-order valence-electron chi connectivity index (χ3n) is 2.92. The van der Waals surface area contributed by atoms with Crippen molar-refractivity contribution in [3.8, 4) is 0 Å². The fourth-order valence-electron chi connectivity index (χ4n) is 2.04. The number of nitrogens with zero attached hydrogens (tertiary/aromatic N) is 2. The highest BCUT2D eigenvalue weighted by Gasteiger charge is 2.12. The van der Waals surface area contributed by atoms with Crippen LogP contribution >= 0.6 is 0 Å². The standard InChI is InChI=1S/C12H20N4/c1-2-3-11-8-12(15-9-14-11)16-10-4-6-13-7-5-10/h8-10,13H,2-7H2,1H3,(H,14,15,16). The maximum atomic E-state index is 4.27. The predicted molar refractivity (Wildman–Crippen MR) is 65.5 cm³/mol. The minimum atomic E-state index is 0.561. The van der Waals surface area contributed by atoms with Gasteiger partial charge in [0.25, 0.3) is 0 Å². The van der Waals surface area contributed by atoms with Crippen molar-refractivity contribution in [2.75, 3.05) is 18.4 Å². The highest BCUT2D eigenvalue weighted by Crippen LogP contribution is 2.12. The average molecular weight is 220 g/mol. The molecule has 2 rings (SSSR count). The second-order valence-electron chi connectivity index (χ2n) is 4.31. The molecule has 1 fully saturated rings. The summed E-state index contributed by atoms with van der Waals surface area (Å²) >= 11 is 0. The number of anilines is 1. The molecule has 16 heavy (non-hydrogen) atoms. The van der Waals surface area contributed by atoms with Crippen molar-refractivity contribution < 1.29 is 0 Å². The van der Waals surface area contributed by atoms with Crippen LogP contribution in [0.4, 0.5) is 5.82 Å². The van der Waals surface area contributed by atoms with Crippen LogP contribution in [0.2, 0.25) is 0 Å². The summed E-state index contributed by atoms with van der Waals surface area (Å²) in [5.74, 6) is 0.977. The Kier molecular flexibility index (Phi) is 4.10. The van der Waals surface area contributed by atoms with Gasteiger partial charge in [-0.3, -0.25) is 0 Å². The molecule has 2 N–H and O–H groups in total. The first-order valence-electron chi connectivity index (χ1n) is 6.16. The molecule has 0 saturated carbocycles. The zero-order chi connectivity index (χ0) is 11.2. The molecule has 0 aliphatic carbocycles. The number of rotatable bonds is 4. The maximum absolute atomic E-state index is 4.27. The summed E-state index contributed by atoms with van der Waals surface area (Å²) in [5, 5.41) is 6.85. The fraction of sp³-hybridized carbons (Fsp3) is 0.667. The lowest BCUT2D eigenvalue weighted by molar-refractivity contribution is 0.478. The van der Waals surface area contributed by atoms with Gasteiger partial charge in [-0.05, 0) is 32.4 Å². The summed E-state index contributed by atoms with van der Waals surface area (Å²) in [5.41, 5.74) is 1.13. The Balaban J connectivity index is 1.94. The number of aromatic nitrogens is 2. The van der Waals surface area contributed by atoms with Crippen LogP contribution in [0.3, 0.4) is 0 Å². The largest absolute Gasteiger partial charge is 0.367 e. The first-order chi connectivity index (χ1) is 7.88. The van der Waals surface area contributed by atoms with Crippen LogP contribution < -0.4 is 10.6 Å². The molecule has 0 atom stereocenters. The second-order valence-corrected chi connectivity index (χ2v) is 4.31. The van der Waals surface area contributed by atoms with Gasteiger partial charge >= 0.3 is 0 Å². The molecule has 0 radical (unpaired) electrons. The van der Waals surface area contributed by atoms with Gasteiger partial charge in [-0.25, -0.2) is 9.97 Å². The number of nitrogens with one attached hydrogen (secondary N) is 2. The molecule has 0 aromatic carbocycles. The quantitative estimate of drug-likeness (QED) is 0.809. The Hall–Kier alpha value is -1.16. The Morgan fingerprint density at radius 3 is 2.94 bits per heavy atom. The van der Waals surface area contributed by atoms with Gasteiger partial charge in [0.05, 0.1) is 0 Å². The van der Waals surface area contributed by atoms with Gasteiger partial charge in [0.2, 0.25) is 0 Å². The van der Waals surface area contributed by atoms with Crippen molar-refractivity contribution >= 4 is 5.82 Å². The average Bonchev–Trinajstić information content (AvgIpc) is 2.31. The monoisotopic (exact) mass is 220 g/mol. The molecular weight excluding hydrogens is 200 g/mol. The number of hydrogen-bond acceptors (Lipinski definition) is 4. The van der Waals surface area contributed by atoms with Gasteiger partial charge in [0.1, 0.15) is 12.1 Å². The van der Waals surface area contributed by atoms with Crippen LogP contribution in [0, 0.1) is 0 Å². The van der Waals surface area contributed by atoms with Crippen LogP contribution in [0.1, 0.15) is 31.9 Å². The molecule has 0 amide bonds. The summed E-state index contributed by atoms with van der Waals surface area (Å²) in [4.78, 5) is 8.53. The second kappa shape index (κ2) is 5.80. The van der Waals surface area contributed by atoms with Gasteiger partial charge in [-0.2, -0.15) is 0 Å². The van der Waals surface area contributed by atoms with Gasteiger partial charge in [0.15, 0.2) is 0 Å².